The van der Waals surface area contributed by atoms with Gasteiger partial charge in [-0.15, -0.1) is 0 Å². The third-order valence-electron chi connectivity index (χ3n) is 16.5. The Morgan fingerprint density at radius 1 is 0.436 bits per heavy atom. The number of ether oxygens (including phenoxy) is 2. The van der Waals surface area contributed by atoms with E-state index in [2.05, 4.69) is 261 Å². The number of hydrogen-bond donors (Lipinski definition) is 0. The third-order valence-corrected chi connectivity index (χ3v) is 16.5. The number of carbonyl (C=O) groups excluding carboxylic acids is 2. The fourth-order valence-corrected chi connectivity index (χ4v) is 11.3. The lowest BCUT2D eigenvalue weighted by Gasteiger charge is -2.33. The van der Waals surface area contributed by atoms with Crippen LogP contribution in [0.15, 0.2) is 182 Å². The van der Waals surface area contributed by atoms with E-state index in [4.69, 9.17) is 9.47 Å². The van der Waals surface area contributed by atoms with E-state index in [1.165, 1.54) is 66.8 Å². The summed E-state index contributed by atoms with van der Waals surface area (Å²) in [6.45, 7) is 26.0. The van der Waals surface area contributed by atoms with Crippen LogP contribution in [0.4, 0.5) is 34.1 Å². The molecule has 1 aliphatic rings. The van der Waals surface area contributed by atoms with E-state index in [9.17, 15) is 9.59 Å². The molecule has 0 saturated heterocycles. The smallest absolute Gasteiger partial charge is 0.418 e. The van der Waals surface area contributed by atoms with Gasteiger partial charge in [-0.25, -0.2) is 9.59 Å². The standard InChI is InChI=1S/C72H78N2O4/c1-13-14-44-69(6,7)78-68(76)67(75)77-46-15-45-72(12)65-47-55(70(8,9)53-24-38-61(39-25-53)73(57-30-16-49(2)17-31-57)58-32-18-50(3)19-33-58)28-42-63(65)64-43-29-56(48-66(64)72)71(10,11)54-26-40-62(41-27-54)74(59-34-20-51(4)21-35-59)60-36-22-52(5)23-37-60/h16-43,47-48H,13-15,44-46H2,1-12H3. The number of aryl methyl sites for hydroxylation is 4. The molecule has 6 heteroatoms. The Labute approximate surface area is 465 Å². The summed E-state index contributed by atoms with van der Waals surface area (Å²) in [5.41, 5.74) is 19.4. The number of benzene rings is 8. The molecule has 8 aromatic rings. The molecule has 0 aromatic heterocycles. The van der Waals surface area contributed by atoms with Crippen LogP contribution in [-0.2, 0) is 35.3 Å². The largest absolute Gasteiger partial charge is 0.457 e. The molecule has 6 nitrogen and oxygen atoms in total. The molecule has 0 spiro atoms. The minimum Gasteiger partial charge on any atom is -0.457 e. The van der Waals surface area contributed by atoms with Gasteiger partial charge < -0.3 is 19.3 Å². The molecule has 1 aliphatic carbocycles. The summed E-state index contributed by atoms with van der Waals surface area (Å²) in [5, 5.41) is 0. The van der Waals surface area contributed by atoms with Crippen LogP contribution in [0.5, 0.6) is 0 Å². The molecule has 0 amide bonds. The van der Waals surface area contributed by atoms with E-state index in [1.54, 1.807) is 0 Å². The van der Waals surface area contributed by atoms with Crippen molar-refractivity contribution in [3.05, 3.63) is 238 Å². The van der Waals surface area contributed by atoms with Crippen molar-refractivity contribution in [1.29, 1.82) is 0 Å². The summed E-state index contributed by atoms with van der Waals surface area (Å²) in [4.78, 5) is 30.7. The lowest BCUT2D eigenvalue weighted by atomic mass is 9.71. The van der Waals surface area contributed by atoms with Gasteiger partial charge in [-0.3, -0.25) is 0 Å². The Hall–Kier alpha value is -7.70. The Bertz CT molecular complexity index is 3100. The molecule has 0 bridgehead atoms. The molecule has 9 rings (SSSR count). The number of hydrogen-bond acceptors (Lipinski definition) is 6. The van der Waals surface area contributed by atoms with Crippen LogP contribution in [0.2, 0.25) is 0 Å². The highest BCUT2D eigenvalue weighted by atomic mass is 16.6. The molecule has 0 heterocycles. The zero-order chi connectivity index (χ0) is 55.6. The molecular weight excluding hydrogens is 957 g/mol. The van der Waals surface area contributed by atoms with Gasteiger partial charge in [0.1, 0.15) is 5.60 Å². The average Bonchev–Trinajstić information content (AvgIpc) is 3.96. The second-order valence-electron chi connectivity index (χ2n) is 23.7. The monoisotopic (exact) mass is 1030 g/mol. The first kappa shape index (κ1) is 55.1. The van der Waals surface area contributed by atoms with E-state index in [-0.39, 0.29) is 17.4 Å². The minimum atomic E-state index is -0.941. The highest BCUT2D eigenvalue weighted by molar-refractivity contribution is 6.29. The maximum Gasteiger partial charge on any atom is 0.418 e. The van der Waals surface area contributed by atoms with Gasteiger partial charge in [-0.2, -0.15) is 0 Å². The number of carbonyl (C=O) groups is 2. The fraction of sp³-hybridized carbons (Fsp3) is 0.306. The molecule has 0 aliphatic heterocycles. The molecule has 0 N–H and O–H groups in total. The van der Waals surface area contributed by atoms with Crippen LogP contribution < -0.4 is 9.80 Å². The number of rotatable bonds is 18. The topological polar surface area (TPSA) is 59.1 Å². The zero-order valence-electron chi connectivity index (χ0n) is 48.1. The van der Waals surface area contributed by atoms with Crippen molar-refractivity contribution in [2.75, 3.05) is 16.4 Å². The summed E-state index contributed by atoms with van der Waals surface area (Å²) in [5.74, 6) is -1.88. The fourth-order valence-electron chi connectivity index (χ4n) is 11.3. The maximum atomic E-state index is 13.1. The van der Waals surface area contributed by atoms with Crippen molar-refractivity contribution in [2.24, 2.45) is 0 Å². The van der Waals surface area contributed by atoms with Gasteiger partial charge >= 0.3 is 11.9 Å². The SMILES string of the molecule is CCCCC(C)(C)OC(=O)C(=O)OCCCC1(C)c2cc(C(C)(C)c3ccc(N(c4ccc(C)cc4)c4ccc(C)cc4)cc3)ccc2-c2ccc(C(C)(C)c3ccc(N(c4ccc(C)cc4)c4ccc(C)cc4)cc3)cc21. The first-order valence-electron chi connectivity index (χ1n) is 28.0. The predicted octanol–water partition coefficient (Wildman–Crippen LogP) is 18.6. The van der Waals surface area contributed by atoms with Gasteiger partial charge in [0.05, 0.1) is 6.61 Å². The van der Waals surface area contributed by atoms with Crippen LogP contribution in [0.1, 0.15) is 143 Å². The van der Waals surface area contributed by atoms with Gasteiger partial charge in [0.15, 0.2) is 0 Å². The van der Waals surface area contributed by atoms with Crippen molar-refractivity contribution < 1.29 is 19.1 Å². The highest BCUT2D eigenvalue weighted by Gasteiger charge is 2.41. The predicted molar refractivity (Wildman–Crippen MR) is 324 cm³/mol. The number of nitrogens with zero attached hydrogens (tertiary/aromatic N) is 2. The minimum absolute atomic E-state index is 0.100. The first-order valence-corrected chi connectivity index (χ1v) is 28.0. The second-order valence-corrected chi connectivity index (χ2v) is 23.7. The maximum absolute atomic E-state index is 13.1. The molecule has 0 radical (unpaired) electrons. The summed E-state index contributed by atoms with van der Waals surface area (Å²) in [7, 11) is 0. The van der Waals surface area contributed by atoms with Gasteiger partial charge in [-0.1, -0.05) is 179 Å². The van der Waals surface area contributed by atoms with Crippen molar-refractivity contribution in [3.8, 4) is 11.1 Å². The molecule has 0 atom stereocenters. The molecule has 8 aromatic carbocycles. The van der Waals surface area contributed by atoms with Gasteiger partial charge in [0.2, 0.25) is 0 Å². The number of unbranched alkanes of at least 4 members (excludes halogenated alkanes) is 1. The number of fused-ring (bicyclic) bond motifs is 3. The second kappa shape index (κ2) is 22.3. The molecule has 400 valence electrons. The Morgan fingerprint density at radius 3 is 1.09 bits per heavy atom. The molecular formula is C72H78N2O4. The summed E-state index contributed by atoms with van der Waals surface area (Å²) in [6, 6.07) is 67.0. The van der Waals surface area contributed by atoms with Gasteiger partial charge in [-0.05, 0) is 185 Å². The van der Waals surface area contributed by atoms with Crippen molar-refractivity contribution in [3.63, 3.8) is 0 Å². The lowest BCUT2D eigenvalue weighted by molar-refractivity contribution is -0.176. The normalized spacial score (nSPS) is 12.9. The van der Waals surface area contributed by atoms with Gasteiger partial charge in [0.25, 0.3) is 0 Å². The Morgan fingerprint density at radius 2 is 0.756 bits per heavy atom. The summed E-state index contributed by atoms with van der Waals surface area (Å²) < 4.78 is 11.3. The molecule has 0 unspecified atom stereocenters. The van der Waals surface area contributed by atoms with Crippen molar-refractivity contribution in [2.45, 2.75) is 137 Å². The quantitative estimate of drug-likeness (QED) is 0.0485. The van der Waals surface area contributed by atoms with E-state index in [0.717, 1.165) is 47.0 Å². The third kappa shape index (κ3) is 11.5. The highest BCUT2D eigenvalue weighted by Crippen LogP contribution is 2.54. The Kier molecular flexibility index (Phi) is 15.8. The number of anilines is 6. The Balaban J connectivity index is 1.03. The van der Waals surface area contributed by atoms with Crippen LogP contribution in [-0.4, -0.2) is 24.1 Å². The van der Waals surface area contributed by atoms with E-state index in [1.807, 2.05) is 13.8 Å². The van der Waals surface area contributed by atoms with Crippen LogP contribution in [0, 0.1) is 27.7 Å². The van der Waals surface area contributed by atoms with Crippen molar-refractivity contribution >= 4 is 46.1 Å². The average molecular weight is 1040 g/mol. The van der Waals surface area contributed by atoms with E-state index >= 15 is 0 Å². The van der Waals surface area contributed by atoms with Crippen LogP contribution in [0.3, 0.4) is 0 Å². The first-order chi connectivity index (χ1) is 37.2. The lowest BCUT2D eigenvalue weighted by Crippen LogP contribution is -2.33. The summed E-state index contributed by atoms with van der Waals surface area (Å²) >= 11 is 0. The van der Waals surface area contributed by atoms with Crippen molar-refractivity contribution in [1.82, 2.24) is 0 Å². The number of esters is 2. The molecule has 0 fully saturated rings. The molecule has 78 heavy (non-hydrogen) atoms. The zero-order valence-corrected chi connectivity index (χ0v) is 48.1. The van der Waals surface area contributed by atoms with Gasteiger partial charge in [0, 0.05) is 50.4 Å². The van der Waals surface area contributed by atoms with E-state index < -0.39 is 23.0 Å². The molecule has 0 saturated carbocycles. The summed E-state index contributed by atoms with van der Waals surface area (Å²) in [6.07, 6.45) is 3.79. The van der Waals surface area contributed by atoms with E-state index in [0.29, 0.717) is 19.3 Å². The van der Waals surface area contributed by atoms with Crippen LogP contribution in [0.25, 0.3) is 11.1 Å². The van der Waals surface area contributed by atoms with Crippen LogP contribution >= 0.6 is 0 Å².